The third-order valence-electron chi connectivity index (χ3n) is 4.38. The summed E-state index contributed by atoms with van der Waals surface area (Å²) in [6.45, 7) is 4.64. The van der Waals surface area contributed by atoms with Gasteiger partial charge < -0.3 is 10.0 Å². The highest BCUT2D eigenvalue weighted by Gasteiger charge is 2.43. The maximum atomic E-state index is 12.8. The molecule has 1 N–H and O–H groups in total. The van der Waals surface area contributed by atoms with Crippen LogP contribution in [-0.2, 0) is 9.59 Å². The molecular formula is C17H23NO3. The molecule has 0 unspecified atom stereocenters. The molecule has 4 nitrogen and oxygen atoms in total. The van der Waals surface area contributed by atoms with Crippen LogP contribution in [0.3, 0.4) is 0 Å². The van der Waals surface area contributed by atoms with Crippen LogP contribution in [0.25, 0.3) is 0 Å². The van der Waals surface area contributed by atoms with E-state index >= 15 is 0 Å². The summed E-state index contributed by atoms with van der Waals surface area (Å²) in [4.78, 5) is 25.8. The Balaban J connectivity index is 2.15. The lowest BCUT2D eigenvalue weighted by Crippen LogP contribution is -2.37. The minimum atomic E-state index is -0.815. The van der Waals surface area contributed by atoms with Crippen molar-refractivity contribution in [2.45, 2.75) is 39.0 Å². The third kappa shape index (κ3) is 3.26. The average Bonchev–Trinajstić information content (AvgIpc) is 2.89. The van der Waals surface area contributed by atoms with Crippen molar-refractivity contribution >= 4 is 11.9 Å². The van der Waals surface area contributed by atoms with Gasteiger partial charge >= 0.3 is 5.97 Å². The lowest BCUT2D eigenvalue weighted by molar-refractivity contribution is -0.147. The molecule has 1 aromatic carbocycles. The molecule has 0 saturated carbocycles. The first kappa shape index (κ1) is 15.5. The van der Waals surface area contributed by atoms with Gasteiger partial charge in [-0.25, -0.2) is 0 Å². The van der Waals surface area contributed by atoms with Crippen LogP contribution in [0.15, 0.2) is 30.3 Å². The van der Waals surface area contributed by atoms with E-state index in [0.717, 1.165) is 18.4 Å². The first-order valence-electron chi connectivity index (χ1n) is 7.55. The maximum Gasteiger partial charge on any atom is 0.311 e. The van der Waals surface area contributed by atoms with E-state index in [9.17, 15) is 14.7 Å². The van der Waals surface area contributed by atoms with E-state index in [1.165, 1.54) is 0 Å². The second-order valence-corrected chi connectivity index (χ2v) is 6.13. The second-order valence-electron chi connectivity index (χ2n) is 6.13. The first-order valence-corrected chi connectivity index (χ1v) is 7.55. The van der Waals surface area contributed by atoms with Crippen molar-refractivity contribution in [3.8, 4) is 0 Å². The van der Waals surface area contributed by atoms with Crippen molar-refractivity contribution in [3.63, 3.8) is 0 Å². The Morgan fingerprint density at radius 1 is 1.33 bits per heavy atom. The summed E-state index contributed by atoms with van der Waals surface area (Å²) < 4.78 is 0. The monoisotopic (exact) mass is 289 g/mol. The van der Waals surface area contributed by atoms with Gasteiger partial charge in [0.1, 0.15) is 0 Å². The number of carbonyl (C=O) groups excluding carboxylic acids is 1. The van der Waals surface area contributed by atoms with E-state index in [0.29, 0.717) is 19.5 Å². The van der Waals surface area contributed by atoms with Crippen molar-refractivity contribution in [2.75, 3.05) is 13.1 Å². The van der Waals surface area contributed by atoms with Crippen LogP contribution in [0, 0.1) is 5.41 Å². The summed E-state index contributed by atoms with van der Waals surface area (Å²) in [6, 6.07) is 9.77. The molecule has 4 heteroatoms. The van der Waals surface area contributed by atoms with E-state index in [2.05, 4.69) is 6.92 Å². The molecule has 21 heavy (non-hydrogen) atoms. The van der Waals surface area contributed by atoms with Crippen LogP contribution in [0.4, 0.5) is 0 Å². The van der Waals surface area contributed by atoms with Crippen molar-refractivity contribution in [1.29, 1.82) is 0 Å². The quantitative estimate of drug-likeness (QED) is 0.906. The third-order valence-corrected chi connectivity index (χ3v) is 4.38. The fourth-order valence-corrected chi connectivity index (χ4v) is 2.95. The molecule has 0 bridgehead atoms. The molecule has 1 amide bonds. The van der Waals surface area contributed by atoms with Gasteiger partial charge in [-0.2, -0.15) is 0 Å². The standard InChI is InChI=1S/C17H23NO3/c1-3-7-14(13-8-5-4-6-9-13)15(19)18-11-10-17(2,12-18)16(20)21/h4-6,8-9,14H,3,7,10-12H2,1-2H3,(H,20,21)/t14-,17-/m1/s1. The van der Waals surface area contributed by atoms with Gasteiger partial charge in [0.05, 0.1) is 11.3 Å². The molecular weight excluding hydrogens is 266 g/mol. The Labute approximate surface area is 125 Å². The van der Waals surface area contributed by atoms with Gasteiger partial charge in [-0.3, -0.25) is 9.59 Å². The predicted molar refractivity (Wildman–Crippen MR) is 81.0 cm³/mol. The Morgan fingerprint density at radius 3 is 2.52 bits per heavy atom. The van der Waals surface area contributed by atoms with Crippen LogP contribution in [0.5, 0.6) is 0 Å². The summed E-state index contributed by atoms with van der Waals surface area (Å²) in [6.07, 6.45) is 2.25. The Bertz CT molecular complexity index is 514. The van der Waals surface area contributed by atoms with Crippen LogP contribution in [0.1, 0.15) is 44.6 Å². The first-order chi connectivity index (χ1) is 9.98. The van der Waals surface area contributed by atoms with Crippen LogP contribution < -0.4 is 0 Å². The van der Waals surface area contributed by atoms with Gasteiger partial charge in [-0.05, 0) is 25.3 Å². The predicted octanol–water partition coefficient (Wildman–Crippen LogP) is 2.89. The van der Waals surface area contributed by atoms with E-state index in [-0.39, 0.29) is 11.8 Å². The zero-order valence-corrected chi connectivity index (χ0v) is 12.7. The molecule has 0 radical (unpaired) electrons. The van der Waals surface area contributed by atoms with Gasteiger partial charge in [0, 0.05) is 13.1 Å². The molecule has 1 aromatic rings. The summed E-state index contributed by atoms with van der Waals surface area (Å²) in [5.74, 6) is -0.912. The normalized spacial score (nSPS) is 23.0. The second kappa shape index (κ2) is 6.29. The van der Waals surface area contributed by atoms with Gasteiger partial charge in [-0.15, -0.1) is 0 Å². The van der Waals surface area contributed by atoms with Gasteiger partial charge in [0.2, 0.25) is 5.91 Å². The molecule has 1 fully saturated rings. The van der Waals surface area contributed by atoms with Gasteiger partial charge in [0.15, 0.2) is 0 Å². The van der Waals surface area contributed by atoms with Crippen molar-refractivity contribution in [1.82, 2.24) is 4.90 Å². The van der Waals surface area contributed by atoms with Crippen LogP contribution in [0.2, 0.25) is 0 Å². The number of amides is 1. The number of likely N-dealkylation sites (tertiary alicyclic amines) is 1. The summed E-state index contributed by atoms with van der Waals surface area (Å²) in [5, 5.41) is 9.29. The molecule has 0 spiro atoms. The number of carbonyl (C=O) groups is 2. The molecule has 1 heterocycles. The molecule has 2 rings (SSSR count). The van der Waals surface area contributed by atoms with E-state index in [4.69, 9.17) is 0 Å². The van der Waals surface area contributed by atoms with Crippen molar-refractivity contribution in [2.24, 2.45) is 5.41 Å². The smallest absolute Gasteiger partial charge is 0.311 e. The van der Waals surface area contributed by atoms with Crippen molar-refractivity contribution < 1.29 is 14.7 Å². The average molecular weight is 289 g/mol. The number of hydrogen-bond donors (Lipinski definition) is 1. The largest absolute Gasteiger partial charge is 0.481 e. The number of hydrogen-bond acceptors (Lipinski definition) is 2. The highest BCUT2D eigenvalue weighted by Crippen LogP contribution is 2.33. The number of nitrogens with zero attached hydrogens (tertiary/aromatic N) is 1. The number of benzene rings is 1. The van der Waals surface area contributed by atoms with E-state index < -0.39 is 11.4 Å². The zero-order valence-electron chi connectivity index (χ0n) is 12.7. The van der Waals surface area contributed by atoms with Crippen LogP contribution >= 0.6 is 0 Å². The zero-order chi connectivity index (χ0) is 15.5. The Kier molecular flexibility index (Phi) is 4.66. The number of aliphatic carboxylic acids is 1. The SMILES string of the molecule is CCC[C@@H](C(=O)N1CC[C@@](C)(C(=O)O)C1)c1ccccc1. The van der Waals surface area contributed by atoms with E-state index in [1.54, 1.807) is 11.8 Å². The maximum absolute atomic E-state index is 12.8. The summed E-state index contributed by atoms with van der Waals surface area (Å²) in [7, 11) is 0. The highest BCUT2D eigenvalue weighted by atomic mass is 16.4. The van der Waals surface area contributed by atoms with Gasteiger partial charge in [-0.1, -0.05) is 43.7 Å². The van der Waals surface area contributed by atoms with Gasteiger partial charge in [0.25, 0.3) is 0 Å². The Hall–Kier alpha value is -1.84. The number of carboxylic acids is 1. The van der Waals surface area contributed by atoms with E-state index in [1.807, 2.05) is 30.3 Å². The minimum Gasteiger partial charge on any atom is -0.481 e. The molecule has 1 aliphatic heterocycles. The topological polar surface area (TPSA) is 57.6 Å². The summed E-state index contributed by atoms with van der Waals surface area (Å²) >= 11 is 0. The Morgan fingerprint density at radius 2 is 2.00 bits per heavy atom. The fraction of sp³-hybridized carbons (Fsp3) is 0.529. The van der Waals surface area contributed by atoms with Crippen LogP contribution in [-0.4, -0.2) is 35.0 Å². The lowest BCUT2D eigenvalue weighted by atomic mass is 9.90. The molecule has 114 valence electrons. The number of carboxylic acid groups (broad SMARTS) is 1. The molecule has 0 aromatic heterocycles. The molecule has 0 aliphatic carbocycles. The molecule has 1 aliphatic rings. The lowest BCUT2D eigenvalue weighted by Gasteiger charge is -2.25. The van der Waals surface area contributed by atoms with Crippen molar-refractivity contribution in [3.05, 3.63) is 35.9 Å². The molecule has 2 atom stereocenters. The highest BCUT2D eigenvalue weighted by molar-refractivity contribution is 5.85. The fourth-order valence-electron chi connectivity index (χ4n) is 2.95. The minimum absolute atomic E-state index is 0.0630. The summed E-state index contributed by atoms with van der Waals surface area (Å²) in [5.41, 5.74) is 0.219. The molecule has 1 saturated heterocycles. The number of rotatable bonds is 5.